The number of carbonyl (C=O) groups is 1. The lowest BCUT2D eigenvalue weighted by atomic mass is 10.1. The van der Waals surface area contributed by atoms with E-state index in [1.165, 1.54) is 7.11 Å². The standard InChI is InChI=1S/C13H15N3O4S/c1-3-9-5-4-6-10(7-9)16-21(18,19)12-11(8-14-15-12)13(17)20-2/h4-8,16H,3H2,1-2H3,(H,14,15). The number of hydrogen-bond donors (Lipinski definition) is 2. The molecule has 2 N–H and O–H groups in total. The molecule has 2 rings (SSSR count). The van der Waals surface area contributed by atoms with Crippen molar-refractivity contribution >= 4 is 21.7 Å². The molecule has 0 unspecified atom stereocenters. The van der Waals surface area contributed by atoms with Gasteiger partial charge in [-0.15, -0.1) is 0 Å². The number of benzene rings is 1. The second-order valence-electron chi connectivity index (χ2n) is 4.26. The normalized spacial score (nSPS) is 11.1. The highest BCUT2D eigenvalue weighted by Crippen LogP contribution is 2.19. The SMILES string of the molecule is CCc1cccc(NS(=O)(=O)c2[nH]ncc2C(=O)OC)c1. The maximum absolute atomic E-state index is 12.3. The molecule has 0 fully saturated rings. The molecule has 0 saturated carbocycles. The van der Waals surface area contributed by atoms with Crippen LogP contribution in [-0.4, -0.2) is 31.7 Å². The number of methoxy groups -OCH3 is 1. The Bertz CT molecular complexity index is 752. The Morgan fingerprint density at radius 1 is 1.43 bits per heavy atom. The number of nitrogens with zero attached hydrogens (tertiary/aromatic N) is 1. The minimum absolute atomic E-state index is 0.142. The maximum Gasteiger partial charge on any atom is 0.342 e. The minimum Gasteiger partial charge on any atom is -0.465 e. The van der Waals surface area contributed by atoms with E-state index in [-0.39, 0.29) is 10.6 Å². The first-order valence-corrected chi connectivity index (χ1v) is 7.69. The molecule has 0 amide bonds. The summed E-state index contributed by atoms with van der Waals surface area (Å²) in [6.07, 6.45) is 1.90. The molecule has 8 heteroatoms. The second kappa shape index (κ2) is 5.96. The lowest BCUT2D eigenvalue weighted by Gasteiger charge is -2.08. The molecule has 21 heavy (non-hydrogen) atoms. The maximum atomic E-state index is 12.3. The zero-order valence-corrected chi connectivity index (χ0v) is 12.4. The molecular formula is C13H15N3O4S. The van der Waals surface area contributed by atoms with Gasteiger partial charge in [0, 0.05) is 5.69 Å². The van der Waals surface area contributed by atoms with Crippen LogP contribution in [0.15, 0.2) is 35.5 Å². The highest BCUT2D eigenvalue weighted by molar-refractivity contribution is 7.92. The van der Waals surface area contributed by atoms with Gasteiger partial charge in [-0.2, -0.15) is 13.5 Å². The van der Waals surface area contributed by atoms with Crippen LogP contribution in [0.4, 0.5) is 5.69 Å². The van der Waals surface area contributed by atoms with Gasteiger partial charge in [0.05, 0.1) is 13.3 Å². The van der Waals surface area contributed by atoms with Crippen molar-refractivity contribution in [1.29, 1.82) is 0 Å². The fraction of sp³-hybridized carbons (Fsp3) is 0.231. The lowest BCUT2D eigenvalue weighted by Crippen LogP contribution is -2.17. The predicted molar refractivity (Wildman–Crippen MR) is 76.6 cm³/mol. The summed E-state index contributed by atoms with van der Waals surface area (Å²) >= 11 is 0. The van der Waals surface area contributed by atoms with Gasteiger partial charge in [-0.1, -0.05) is 19.1 Å². The average Bonchev–Trinajstić information content (AvgIpc) is 2.96. The third-order valence-corrected chi connectivity index (χ3v) is 4.22. The average molecular weight is 309 g/mol. The van der Waals surface area contributed by atoms with Crippen molar-refractivity contribution in [3.05, 3.63) is 41.6 Å². The molecule has 1 aromatic carbocycles. The number of H-pyrrole nitrogens is 1. The van der Waals surface area contributed by atoms with Crippen LogP contribution in [0.1, 0.15) is 22.8 Å². The van der Waals surface area contributed by atoms with E-state index >= 15 is 0 Å². The van der Waals surface area contributed by atoms with Crippen LogP contribution in [0, 0.1) is 0 Å². The first-order chi connectivity index (χ1) is 9.97. The van der Waals surface area contributed by atoms with Crippen LogP contribution in [0.3, 0.4) is 0 Å². The quantitative estimate of drug-likeness (QED) is 0.816. The van der Waals surface area contributed by atoms with Gasteiger partial charge in [0.25, 0.3) is 10.0 Å². The summed E-state index contributed by atoms with van der Waals surface area (Å²) in [5, 5.41) is 5.57. The van der Waals surface area contributed by atoms with Crippen LogP contribution in [0.2, 0.25) is 0 Å². The van der Waals surface area contributed by atoms with Gasteiger partial charge in [-0.05, 0) is 24.1 Å². The summed E-state index contributed by atoms with van der Waals surface area (Å²) in [5.41, 5.74) is 1.27. The topological polar surface area (TPSA) is 101 Å². The Morgan fingerprint density at radius 2 is 2.19 bits per heavy atom. The molecule has 1 aromatic heterocycles. The zero-order valence-electron chi connectivity index (χ0n) is 11.6. The molecule has 1 heterocycles. The van der Waals surface area contributed by atoms with Gasteiger partial charge >= 0.3 is 5.97 Å². The van der Waals surface area contributed by atoms with E-state index in [9.17, 15) is 13.2 Å². The van der Waals surface area contributed by atoms with E-state index in [0.717, 1.165) is 18.2 Å². The molecule has 0 aliphatic carbocycles. The van der Waals surface area contributed by atoms with Crippen molar-refractivity contribution in [2.75, 3.05) is 11.8 Å². The summed E-state index contributed by atoms with van der Waals surface area (Å²) in [7, 11) is -2.78. The van der Waals surface area contributed by atoms with E-state index < -0.39 is 16.0 Å². The van der Waals surface area contributed by atoms with E-state index in [0.29, 0.717) is 5.69 Å². The molecule has 7 nitrogen and oxygen atoms in total. The van der Waals surface area contributed by atoms with Crippen molar-refractivity contribution in [2.45, 2.75) is 18.4 Å². The van der Waals surface area contributed by atoms with E-state index in [1.807, 2.05) is 13.0 Å². The highest BCUT2D eigenvalue weighted by atomic mass is 32.2. The molecule has 0 saturated heterocycles. The molecule has 2 aromatic rings. The van der Waals surface area contributed by atoms with E-state index in [4.69, 9.17) is 0 Å². The van der Waals surface area contributed by atoms with Crippen LogP contribution < -0.4 is 4.72 Å². The van der Waals surface area contributed by atoms with Gasteiger partial charge in [0.2, 0.25) is 0 Å². The summed E-state index contributed by atoms with van der Waals surface area (Å²) < 4.78 is 31.6. The summed E-state index contributed by atoms with van der Waals surface area (Å²) in [4.78, 5) is 11.5. The molecule has 112 valence electrons. The van der Waals surface area contributed by atoms with Gasteiger partial charge < -0.3 is 4.74 Å². The molecular weight excluding hydrogens is 294 g/mol. The fourth-order valence-corrected chi connectivity index (χ4v) is 2.93. The van der Waals surface area contributed by atoms with Crippen molar-refractivity contribution in [3.8, 4) is 0 Å². The van der Waals surface area contributed by atoms with Gasteiger partial charge in [0.1, 0.15) is 5.56 Å². The number of esters is 1. The predicted octanol–water partition coefficient (Wildman–Crippen LogP) is 1.56. The first-order valence-electron chi connectivity index (χ1n) is 6.21. The highest BCUT2D eigenvalue weighted by Gasteiger charge is 2.25. The minimum atomic E-state index is -3.95. The Kier molecular flexibility index (Phi) is 4.27. The Balaban J connectivity index is 2.34. The molecule has 0 atom stereocenters. The largest absolute Gasteiger partial charge is 0.465 e. The van der Waals surface area contributed by atoms with Crippen molar-refractivity contribution in [3.63, 3.8) is 0 Å². The Hall–Kier alpha value is -2.35. The van der Waals surface area contributed by atoms with Crippen LogP contribution in [0.5, 0.6) is 0 Å². The number of aryl methyl sites for hydroxylation is 1. The molecule has 0 aliphatic rings. The van der Waals surface area contributed by atoms with E-state index in [1.54, 1.807) is 18.2 Å². The number of anilines is 1. The molecule has 0 spiro atoms. The van der Waals surface area contributed by atoms with Gasteiger partial charge in [-0.25, -0.2) is 4.79 Å². The van der Waals surface area contributed by atoms with Crippen LogP contribution in [-0.2, 0) is 21.2 Å². The smallest absolute Gasteiger partial charge is 0.342 e. The molecule has 0 radical (unpaired) electrons. The monoisotopic (exact) mass is 309 g/mol. The molecule has 0 aliphatic heterocycles. The van der Waals surface area contributed by atoms with Crippen LogP contribution in [0.25, 0.3) is 0 Å². The Labute approximate surface area is 122 Å². The lowest BCUT2D eigenvalue weighted by molar-refractivity contribution is 0.0596. The van der Waals surface area contributed by atoms with Crippen molar-refractivity contribution in [2.24, 2.45) is 0 Å². The number of aromatic amines is 1. The fourth-order valence-electron chi connectivity index (χ4n) is 1.80. The number of nitrogens with one attached hydrogen (secondary N) is 2. The second-order valence-corrected chi connectivity index (χ2v) is 5.88. The van der Waals surface area contributed by atoms with Crippen molar-refractivity contribution in [1.82, 2.24) is 10.2 Å². The third-order valence-electron chi connectivity index (χ3n) is 2.87. The number of hydrogen-bond acceptors (Lipinski definition) is 5. The van der Waals surface area contributed by atoms with Gasteiger partial charge in [-0.3, -0.25) is 9.82 Å². The summed E-state index contributed by atoms with van der Waals surface area (Å²) in [6.45, 7) is 1.97. The molecule has 0 bridgehead atoms. The summed E-state index contributed by atoms with van der Waals surface area (Å²) in [6, 6.07) is 7.01. The van der Waals surface area contributed by atoms with Crippen LogP contribution >= 0.6 is 0 Å². The number of ether oxygens (including phenoxy) is 1. The number of rotatable bonds is 5. The Morgan fingerprint density at radius 3 is 2.86 bits per heavy atom. The number of aromatic nitrogens is 2. The zero-order chi connectivity index (χ0) is 15.5. The van der Waals surface area contributed by atoms with E-state index in [2.05, 4.69) is 19.7 Å². The third kappa shape index (κ3) is 3.22. The van der Waals surface area contributed by atoms with Crippen molar-refractivity contribution < 1.29 is 17.9 Å². The van der Waals surface area contributed by atoms with Gasteiger partial charge in [0.15, 0.2) is 5.03 Å². The number of carbonyl (C=O) groups excluding carboxylic acids is 1. The summed E-state index contributed by atoms with van der Waals surface area (Å²) in [5.74, 6) is -0.772. The first kappa shape index (κ1) is 15.0. The number of sulfonamides is 1.